The van der Waals surface area contributed by atoms with Gasteiger partial charge < -0.3 is 5.32 Å². The maximum atomic E-state index is 3.94. The molecule has 0 aromatic rings. The Morgan fingerprint density at radius 1 is 1.24 bits per heavy atom. The van der Waals surface area contributed by atoms with Crippen molar-refractivity contribution in [3.8, 4) is 0 Å². The maximum Gasteiger partial charge on any atom is 0.0309 e. The van der Waals surface area contributed by atoms with Gasteiger partial charge in [0, 0.05) is 36.0 Å². The number of nitrogens with zero attached hydrogens (tertiary/aromatic N) is 1. The minimum absolute atomic E-state index is 0.384. The first-order valence-corrected chi connectivity index (χ1v) is 10.2. The van der Waals surface area contributed by atoms with Crippen LogP contribution in [-0.2, 0) is 0 Å². The SMILES string of the molecule is CCSC1CCCC1N1CC(C)(C2CC2)NCC1C(C)C. The summed E-state index contributed by atoms with van der Waals surface area (Å²) < 4.78 is 0. The summed E-state index contributed by atoms with van der Waals surface area (Å²) in [5, 5.41) is 4.83. The van der Waals surface area contributed by atoms with Gasteiger partial charge in [-0.1, -0.05) is 27.2 Å². The zero-order valence-corrected chi connectivity index (χ0v) is 15.2. The third-order valence-electron chi connectivity index (χ3n) is 6.12. The van der Waals surface area contributed by atoms with E-state index >= 15 is 0 Å². The van der Waals surface area contributed by atoms with E-state index in [0.29, 0.717) is 5.54 Å². The van der Waals surface area contributed by atoms with Crippen LogP contribution in [0.1, 0.15) is 59.8 Å². The Bertz CT molecular complexity index is 355. The van der Waals surface area contributed by atoms with E-state index in [1.807, 2.05) is 0 Å². The Hall–Kier alpha value is 0.270. The van der Waals surface area contributed by atoms with Crippen molar-refractivity contribution < 1.29 is 0 Å². The lowest BCUT2D eigenvalue weighted by atomic mass is 9.86. The molecule has 2 saturated carbocycles. The number of hydrogen-bond donors (Lipinski definition) is 1. The molecule has 0 aromatic carbocycles. The predicted octanol–water partition coefficient (Wildman–Crippen LogP) is 3.76. The standard InChI is InChI=1S/C18H34N2S/c1-5-21-17-8-6-7-15(17)20-12-18(4,14-9-10-14)19-11-16(20)13(2)3/h13-17,19H,5-12H2,1-4H3. The molecule has 21 heavy (non-hydrogen) atoms. The van der Waals surface area contributed by atoms with Crippen molar-refractivity contribution >= 4 is 11.8 Å². The van der Waals surface area contributed by atoms with Crippen molar-refractivity contribution in [3.63, 3.8) is 0 Å². The van der Waals surface area contributed by atoms with Crippen molar-refractivity contribution in [3.05, 3.63) is 0 Å². The van der Waals surface area contributed by atoms with E-state index < -0.39 is 0 Å². The van der Waals surface area contributed by atoms with E-state index in [9.17, 15) is 0 Å². The van der Waals surface area contributed by atoms with Gasteiger partial charge in [-0.15, -0.1) is 0 Å². The Labute approximate surface area is 135 Å². The molecule has 122 valence electrons. The summed E-state index contributed by atoms with van der Waals surface area (Å²) in [6.45, 7) is 12.1. The summed E-state index contributed by atoms with van der Waals surface area (Å²) >= 11 is 2.22. The molecule has 3 fully saturated rings. The van der Waals surface area contributed by atoms with Crippen molar-refractivity contribution in [1.29, 1.82) is 0 Å². The van der Waals surface area contributed by atoms with Crippen LogP contribution in [0.15, 0.2) is 0 Å². The van der Waals surface area contributed by atoms with Crippen LogP contribution >= 0.6 is 11.8 Å². The van der Waals surface area contributed by atoms with Gasteiger partial charge in [-0.2, -0.15) is 11.8 Å². The Kier molecular flexibility index (Phi) is 4.93. The van der Waals surface area contributed by atoms with Crippen LogP contribution in [0.25, 0.3) is 0 Å². The van der Waals surface area contributed by atoms with Gasteiger partial charge in [0.1, 0.15) is 0 Å². The first-order chi connectivity index (χ1) is 10.0. The third-order valence-corrected chi connectivity index (χ3v) is 7.44. The summed E-state index contributed by atoms with van der Waals surface area (Å²) in [6.07, 6.45) is 7.21. The number of nitrogens with one attached hydrogen (secondary N) is 1. The molecule has 0 radical (unpaired) electrons. The molecule has 2 aliphatic carbocycles. The number of piperazine rings is 1. The van der Waals surface area contributed by atoms with Gasteiger partial charge in [0.15, 0.2) is 0 Å². The van der Waals surface area contributed by atoms with Crippen molar-refractivity contribution in [2.24, 2.45) is 11.8 Å². The molecule has 3 aliphatic rings. The van der Waals surface area contributed by atoms with E-state index in [1.54, 1.807) is 0 Å². The highest BCUT2D eigenvalue weighted by atomic mass is 32.2. The van der Waals surface area contributed by atoms with Gasteiger partial charge in [0.2, 0.25) is 0 Å². The highest BCUT2D eigenvalue weighted by Crippen LogP contribution is 2.44. The molecule has 1 aliphatic heterocycles. The van der Waals surface area contributed by atoms with Gasteiger partial charge in [0.05, 0.1) is 0 Å². The van der Waals surface area contributed by atoms with Crippen LogP contribution in [-0.4, -0.2) is 46.6 Å². The average molecular weight is 311 g/mol. The number of rotatable bonds is 5. The quantitative estimate of drug-likeness (QED) is 0.832. The van der Waals surface area contributed by atoms with E-state index in [4.69, 9.17) is 0 Å². The maximum absolute atomic E-state index is 3.94. The fourth-order valence-corrected chi connectivity index (χ4v) is 5.95. The van der Waals surface area contributed by atoms with Crippen LogP contribution in [0.5, 0.6) is 0 Å². The zero-order valence-electron chi connectivity index (χ0n) is 14.4. The second-order valence-corrected chi connectivity index (χ2v) is 9.56. The smallest absolute Gasteiger partial charge is 0.0309 e. The second kappa shape index (κ2) is 6.41. The Morgan fingerprint density at radius 2 is 2.00 bits per heavy atom. The fourth-order valence-electron chi connectivity index (χ4n) is 4.68. The second-order valence-electron chi connectivity index (χ2n) is 8.05. The van der Waals surface area contributed by atoms with E-state index in [1.165, 1.54) is 50.9 Å². The van der Waals surface area contributed by atoms with Crippen molar-refractivity contribution in [2.75, 3.05) is 18.8 Å². The largest absolute Gasteiger partial charge is 0.308 e. The molecule has 0 bridgehead atoms. The fraction of sp³-hybridized carbons (Fsp3) is 1.00. The molecule has 3 heteroatoms. The molecule has 4 unspecified atom stereocenters. The highest BCUT2D eigenvalue weighted by Gasteiger charge is 2.49. The summed E-state index contributed by atoms with van der Waals surface area (Å²) in [6, 6.07) is 1.57. The van der Waals surface area contributed by atoms with Gasteiger partial charge >= 0.3 is 0 Å². The van der Waals surface area contributed by atoms with Gasteiger partial charge in [0.25, 0.3) is 0 Å². The van der Waals surface area contributed by atoms with Gasteiger partial charge in [-0.25, -0.2) is 0 Å². The molecule has 0 amide bonds. The molecule has 1 heterocycles. The lowest BCUT2D eigenvalue weighted by Gasteiger charge is -2.51. The predicted molar refractivity (Wildman–Crippen MR) is 94.0 cm³/mol. The van der Waals surface area contributed by atoms with Crippen LogP contribution in [0.4, 0.5) is 0 Å². The van der Waals surface area contributed by atoms with Crippen molar-refractivity contribution in [2.45, 2.75) is 82.7 Å². The molecular formula is C18H34N2S. The van der Waals surface area contributed by atoms with E-state index in [0.717, 1.165) is 29.2 Å². The summed E-state index contributed by atoms with van der Waals surface area (Å²) in [4.78, 5) is 2.94. The first kappa shape index (κ1) is 16.1. The molecule has 3 rings (SSSR count). The minimum Gasteiger partial charge on any atom is -0.308 e. The van der Waals surface area contributed by atoms with Gasteiger partial charge in [-0.3, -0.25) is 4.90 Å². The highest BCUT2D eigenvalue weighted by molar-refractivity contribution is 7.99. The molecule has 1 N–H and O–H groups in total. The van der Waals surface area contributed by atoms with Crippen LogP contribution in [0.3, 0.4) is 0 Å². The average Bonchev–Trinajstić information content (AvgIpc) is 3.20. The minimum atomic E-state index is 0.384. The van der Waals surface area contributed by atoms with E-state index in [-0.39, 0.29) is 0 Å². The lowest BCUT2D eigenvalue weighted by molar-refractivity contribution is 0.0217. The number of thioether (sulfide) groups is 1. The van der Waals surface area contributed by atoms with Crippen molar-refractivity contribution in [1.82, 2.24) is 10.2 Å². The normalized spacial score (nSPS) is 41.9. The summed E-state index contributed by atoms with van der Waals surface area (Å²) in [5.74, 6) is 2.97. The monoisotopic (exact) mass is 310 g/mol. The molecule has 0 spiro atoms. The number of hydrogen-bond acceptors (Lipinski definition) is 3. The van der Waals surface area contributed by atoms with E-state index in [2.05, 4.69) is 49.7 Å². The molecule has 2 nitrogen and oxygen atoms in total. The zero-order chi connectivity index (χ0) is 15.0. The summed E-state index contributed by atoms with van der Waals surface area (Å²) in [5.41, 5.74) is 0.384. The third kappa shape index (κ3) is 3.30. The molecule has 4 atom stereocenters. The topological polar surface area (TPSA) is 15.3 Å². The van der Waals surface area contributed by atoms with Crippen LogP contribution < -0.4 is 5.32 Å². The molecular weight excluding hydrogens is 276 g/mol. The first-order valence-electron chi connectivity index (χ1n) is 9.17. The van der Waals surface area contributed by atoms with Crippen LogP contribution in [0, 0.1) is 11.8 Å². The molecule has 0 aromatic heterocycles. The Morgan fingerprint density at radius 3 is 2.62 bits per heavy atom. The Balaban J connectivity index is 1.76. The molecule has 1 saturated heterocycles. The summed E-state index contributed by atoms with van der Waals surface area (Å²) in [7, 11) is 0. The van der Waals surface area contributed by atoms with Crippen LogP contribution in [0.2, 0.25) is 0 Å². The van der Waals surface area contributed by atoms with Gasteiger partial charge in [-0.05, 0) is 50.2 Å². The lowest BCUT2D eigenvalue weighted by Crippen LogP contribution is -2.67.